The van der Waals surface area contributed by atoms with Gasteiger partial charge in [-0.15, -0.1) is 0 Å². The minimum Gasteiger partial charge on any atom is -0.396 e. The first-order valence-corrected chi connectivity index (χ1v) is 6.30. The molecule has 0 atom stereocenters. The topological polar surface area (TPSA) is 89.3 Å². The van der Waals surface area contributed by atoms with Gasteiger partial charge in [-0.05, 0) is 36.4 Å². The molecule has 0 saturated carbocycles. The van der Waals surface area contributed by atoms with Crippen LogP contribution in [0.5, 0.6) is 0 Å². The lowest BCUT2D eigenvalue weighted by Crippen LogP contribution is -2.39. The summed E-state index contributed by atoms with van der Waals surface area (Å²) in [7, 11) is 0. The highest BCUT2D eigenvalue weighted by molar-refractivity contribution is 5.94. The molecular weight excluding hydrogens is 244 g/mol. The summed E-state index contributed by atoms with van der Waals surface area (Å²) in [6, 6.07) is 6.61. The number of aliphatic hydroxyl groups is 1. The Labute approximate surface area is 111 Å². The number of rotatable bonds is 3. The highest BCUT2D eigenvalue weighted by atomic mass is 16.3. The highest BCUT2D eigenvalue weighted by Gasteiger charge is 2.22. The molecule has 1 amide bonds. The van der Waals surface area contributed by atoms with E-state index in [1.54, 1.807) is 29.2 Å². The molecule has 100 valence electrons. The molecule has 1 N–H and O–H groups in total. The van der Waals surface area contributed by atoms with Gasteiger partial charge in [-0.25, -0.2) is 0 Å². The summed E-state index contributed by atoms with van der Waals surface area (Å²) in [5, 5.41) is 12.5. The van der Waals surface area contributed by atoms with Gasteiger partial charge in [0.25, 0.3) is 5.91 Å². The van der Waals surface area contributed by atoms with Gasteiger partial charge in [0.2, 0.25) is 0 Å². The van der Waals surface area contributed by atoms with Crippen molar-refractivity contribution in [1.82, 2.24) is 4.90 Å². The molecule has 2 rings (SSSR count). The van der Waals surface area contributed by atoms with Crippen LogP contribution in [0.25, 0.3) is 10.4 Å². The number of aliphatic hydroxyl groups excluding tert-OH is 1. The van der Waals surface area contributed by atoms with Gasteiger partial charge in [0.15, 0.2) is 0 Å². The smallest absolute Gasteiger partial charge is 0.253 e. The molecule has 0 aliphatic carbocycles. The lowest BCUT2D eigenvalue weighted by Gasteiger charge is -2.31. The van der Waals surface area contributed by atoms with Crippen molar-refractivity contribution in [2.75, 3.05) is 19.7 Å². The van der Waals surface area contributed by atoms with Crippen molar-refractivity contribution in [3.8, 4) is 0 Å². The maximum Gasteiger partial charge on any atom is 0.253 e. The summed E-state index contributed by atoms with van der Waals surface area (Å²) in [4.78, 5) is 16.7. The van der Waals surface area contributed by atoms with Gasteiger partial charge in [-0.1, -0.05) is 17.2 Å². The number of hydrogen-bond acceptors (Lipinski definition) is 3. The van der Waals surface area contributed by atoms with Gasteiger partial charge in [-0.3, -0.25) is 4.79 Å². The second kappa shape index (κ2) is 6.22. The standard InChI is InChI=1S/C13H16N4O2/c14-16-15-12-3-1-11(2-4-12)13(19)17-7-5-10(9-18)6-8-17/h1-4,10,18H,5-9H2. The third-order valence-corrected chi connectivity index (χ3v) is 3.43. The van der Waals surface area contributed by atoms with Crippen LogP contribution in [0.15, 0.2) is 29.4 Å². The van der Waals surface area contributed by atoms with Crippen LogP contribution in [0.4, 0.5) is 5.69 Å². The van der Waals surface area contributed by atoms with Gasteiger partial charge in [0.05, 0.1) is 0 Å². The van der Waals surface area contributed by atoms with Crippen molar-refractivity contribution >= 4 is 11.6 Å². The number of azide groups is 1. The molecule has 6 heteroatoms. The zero-order valence-corrected chi connectivity index (χ0v) is 10.6. The van der Waals surface area contributed by atoms with Crippen molar-refractivity contribution in [1.29, 1.82) is 0 Å². The second-order valence-electron chi connectivity index (χ2n) is 4.65. The Hall–Kier alpha value is -2.04. The van der Waals surface area contributed by atoms with E-state index in [0.29, 0.717) is 30.3 Å². The Morgan fingerprint density at radius 2 is 2.00 bits per heavy atom. The van der Waals surface area contributed by atoms with Gasteiger partial charge >= 0.3 is 0 Å². The van der Waals surface area contributed by atoms with Crippen molar-refractivity contribution in [3.63, 3.8) is 0 Å². The summed E-state index contributed by atoms with van der Waals surface area (Å²) in [6.07, 6.45) is 1.69. The number of piperidine rings is 1. The first-order chi connectivity index (χ1) is 9.24. The van der Waals surface area contributed by atoms with E-state index in [1.807, 2.05) is 0 Å². The first-order valence-electron chi connectivity index (χ1n) is 6.30. The van der Waals surface area contributed by atoms with Crippen molar-refractivity contribution in [3.05, 3.63) is 40.3 Å². The van der Waals surface area contributed by atoms with Crippen LogP contribution in [0.3, 0.4) is 0 Å². The fourth-order valence-electron chi connectivity index (χ4n) is 2.22. The molecule has 19 heavy (non-hydrogen) atoms. The quantitative estimate of drug-likeness (QED) is 0.514. The second-order valence-corrected chi connectivity index (χ2v) is 4.65. The Kier molecular flexibility index (Phi) is 4.39. The fourth-order valence-corrected chi connectivity index (χ4v) is 2.22. The molecule has 6 nitrogen and oxygen atoms in total. The largest absolute Gasteiger partial charge is 0.396 e. The van der Waals surface area contributed by atoms with Crippen LogP contribution >= 0.6 is 0 Å². The Morgan fingerprint density at radius 1 is 1.37 bits per heavy atom. The Morgan fingerprint density at radius 3 is 2.53 bits per heavy atom. The molecule has 1 heterocycles. The molecule has 0 bridgehead atoms. The lowest BCUT2D eigenvalue weighted by atomic mass is 9.97. The SMILES string of the molecule is [N-]=[N+]=Nc1ccc(C(=O)N2CCC(CO)CC2)cc1. The first kappa shape index (κ1) is 13.4. The summed E-state index contributed by atoms with van der Waals surface area (Å²) >= 11 is 0. The van der Waals surface area contributed by atoms with Gasteiger partial charge in [0, 0.05) is 35.9 Å². The number of nitrogens with zero attached hydrogens (tertiary/aromatic N) is 4. The van der Waals surface area contributed by atoms with Crippen LogP contribution in [0.1, 0.15) is 23.2 Å². The van der Waals surface area contributed by atoms with E-state index < -0.39 is 0 Å². The fraction of sp³-hybridized carbons (Fsp3) is 0.462. The van der Waals surface area contributed by atoms with E-state index in [1.165, 1.54) is 0 Å². The Balaban J connectivity index is 2.01. The molecule has 1 aliphatic heterocycles. The van der Waals surface area contributed by atoms with E-state index in [0.717, 1.165) is 12.8 Å². The van der Waals surface area contributed by atoms with E-state index in [-0.39, 0.29) is 12.5 Å². The molecule has 1 saturated heterocycles. The van der Waals surface area contributed by atoms with E-state index in [4.69, 9.17) is 10.6 Å². The lowest BCUT2D eigenvalue weighted by molar-refractivity contribution is 0.0651. The summed E-state index contributed by atoms with van der Waals surface area (Å²) < 4.78 is 0. The van der Waals surface area contributed by atoms with Crippen molar-refractivity contribution in [2.45, 2.75) is 12.8 Å². The van der Waals surface area contributed by atoms with Gasteiger partial charge in [-0.2, -0.15) is 0 Å². The molecule has 1 aromatic rings. The normalized spacial score (nSPS) is 15.9. The van der Waals surface area contributed by atoms with E-state index in [9.17, 15) is 4.79 Å². The number of likely N-dealkylation sites (tertiary alicyclic amines) is 1. The number of carbonyl (C=O) groups excluding carboxylic acids is 1. The van der Waals surface area contributed by atoms with Crippen LogP contribution in [0, 0.1) is 5.92 Å². The molecule has 0 spiro atoms. The number of benzene rings is 1. The van der Waals surface area contributed by atoms with Crippen LogP contribution in [0.2, 0.25) is 0 Å². The summed E-state index contributed by atoms with van der Waals surface area (Å²) in [6.45, 7) is 1.56. The third kappa shape index (κ3) is 3.24. The molecule has 0 radical (unpaired) electrons. The van der Waals surface area contributed by atoms with Gasteiger partial charge in [0.1, 0.15) is 0 Å². The summed E-state index contributed by atoms with van der Waals surface area (Å²) in [5.41, 5.74) is 9.41. The average Bonchev–Trinajstić information content (AvgIpc) is 2.48. The van der Waals surface area contributed by atoms with Crippen LogP contribution in [-0.4, -0.2) is 35.6 Å². The summed E-state index contributed by atoms with van der Waals surface area (Å²) in [5.74, 6) is 0.306. The number of hydrogen-bond donors (Lipinski definition) is 1. The van der Waals surface area contributed by atoms with E-state index >= 15 is 0 Å². The zero-order chi connectivity index (χ0) is 13.7. The molecule has 1 aromatic carbocycles. The number of amides is 1. The van der Waals surface area contributed by atoms with Crippen LogP contribution < -0.4 is 0 Å². The maximum absolute atomic E-state index is 12.2. The molecule has 0 unspecified atom stereocenters. The van der Waals surface area contributed by atoms with E-state index in [2.05, 4.69) is 10.0 Å². The average molecular weight is 260 g/mol. The number of carbonyl (C=O) groups is 1. The Bertz CT molecular complexity index is 486. The van der Waals surface area contributed by atoms with Crippen LogP contribution in [-0.2, 0) is 0 Å². The highest BCUT2D eigenvalue weighted by Crippen LogP contribution is 2.20. The monoisotopic (exact) mass is 260 g/mol. The third-order valence-electron chi connectivity index (χ3n) is 3.43. The van der Waals surface area contributed by atoms with Crippen molar-refractivity contribution < 1.29 is 9.90 Å². The molecule has 1 aliphatic rings. The van der Waals surface area contributed by atoms with Gasteiger partial charge < -0.3 is 10.0 Å². The van der Waals surface area contributed by atoms with Crippen molar-refractivity contribution in [2.24, 2.45) is 11.0 Å². The predicted molar refractivity (Wildman–Crippen MR) is 71.0 cm³/mol. The minimum atomic E-state index is -0.0103. The predicted octanol–water partition coefficient (Wildman–Crippen LogP) is 2.47. The maximum atomic E-state index is 12.2. The zero-order valence-electron chi connectivity index (χ0n) is 10.6. The molecular formula is C13H16N4O2. The molecule has 0 aromatic heterocycles. The molecule has 1 fully saturated rings. The minimum absolute atomic E-state index is 0.0103.